The molecule has 1 aliphatic rings. The summed E-state index contributed by atoms with van der Waals surface area (Å²) < 4.78 is 16.0. The van der Waals surface area contributed by atoms with Crippen LogP contribution >= 0.6 is 0 Å². The molecule has 0 saturated heterocycles. The molecular formula is C21H20N2O6. The van der Waals surface area contributed by atoms with E-state index < -0.39 is 18.0 Å². The number of amides is 2. The van der Waals surface area contributed by atoms with Crippen LogP contribution in [0.4, 0.5) is 4.79 Å². The van der Waals surface area contributed by atoms with Gasteiger partial charge in [0.25, 0.3) is 0 Å². The van der Waals surface area contributed by atoms with Crippen LogP contribution in [-0.4, -0.2) is 37.7 Å². The minimum Gasteiger partial charge on any atom is -0.463 e. The molecule has 0 unspecified atom stereocenters. The van der Waals surface area contributed by atoms with Gasteiger partial charge in [0.15, 0.2) is 0 Å². The molecule has 2 amide bonds. The van der Waals surface area contributed by atoms with E-state index in [1.807, 2.05) is 18.2 Å². The Morgan fingerprint density at radius 2 is 1.72 bits per heavy atom. The first-order valence-electron chi connectivity index (χ1n) is 9.01. The van der Waals surface area contributed by atoms with Gasteiger partial charge in [0, 0.05) is 0 Å². The van der Waals surface area contributed by atoms with Gasteiger partial charge in [0.05, 0.1) is 30.0 Å². The van der Waals surface area contributed by atoms with Gasteiger partial charge in [-0.25, -0.2) is 14.4 Å². The Balaban J connectivity index is 1.68. The van der Waals surface area contributed by atoms with Crippen LogP contribution in [0, 0.1) is 0 Å². The predicted octanol–water partition coefficient (Wildman–Crippen LogP) is 2.77. The zero-order valence-electron chi connectivity index (χ0n) is 15.8. The highest BCUT2D eigenvalue weighted by molar-refractivity contribution is 5.94. The van der Waals surface area contributed by atoms with Crippen molar-refractivity contribution in [3.8, 4) is 11.5 Å². The number of carbonyl (C=O) groups excluding carboxylic acids is 3. The van der Waals surface area contributed by atoms with E-state index in [4.69, 9.17) is 14.2 Å². The fourth-order valence-corrected chi connectivity index (χ4v) is 2.60. The van der Waals surface area contributed by atoms with E-state index in [0.29, 0.717) is 11.5 Å². The normalized spacial score (nSPS) is 13.2. The van der Waals surface area contributed by atoms with Crippen LogP contribution in [0.25, 0.3) is 0 Å². The lowest BCUT2D eigenvalue weighted by molar-refractivity contribution is -0.138. The van der Waals surface area contributed by atoms with Gasteiger partial charge in [-0.3, -0.25) is 0 Å². The minimum absolute atomic E-state index is 0.00203. The first-order valence-corrected chi connectivity index (χ1v) is 9.01. The predicted molar refractivity (Wildman–Crippen MR) is 103 cm³/mol. The fraction of sp³-hybridized carbons (Fsp3) is 0.190. The standard InChI is InChI=1S/C21H20N2O6/c1-2-27-20(25)17-12-22-21(26)23-18(17)13-28-19(24)14-7-6-10-16(11-14)29-15-8-4-3-5-9-15/h3-11H,2,12-13H2,1H3,(H2,22,23,26). The first kappa shape index (κ1) is 19.9. The number of para-hydroxylation sites is 1. The Labute approximate surface area is 167 Å². The molecular weight excluding hydrogens is 376 g/mol. The molecule has 0 spiro atoms. The Hall–Kier alpha value is -3.81. The average molecular weight is 396 g/mol. The van der Waals surface area contributed by atoms with Crippen LogP contribution in [0.1, 0.15) is 17.3 Å². The summed E-state index contributed by atoms with van der Waals surface area (Å²) in [5, 5.41) is 4.97. The Bertz CT molecular complexity index is 939. The lowest BCUT2D eigenvalue weighted by Crippen LogP contribution is -2.45. The molecule has 0 fully saturated rings. The van der Waals surface area contributed by atoms with Crippen molar-refractivity contribution in [2.75, 3.05) is 19.8 Å². The molecule has 8 nitrogen and oxygen atoms in total. The Morgan fingerprint density at radius 3 is 2.48 bits per heavy atom. The number of hydrogen-bond acceptors (Lipinski definition) is 6. The van der Waals surface area contributed by atoms with E-state index in [0.717, 1.165) is 0 Å². The lowest BCUT2D eigenvalue weighted by Gasteiger charge is -2.21. The maximum absolute atomic E-state index is 12.4. The van der Waals surface area contributed by atoms with Crippen LogP contribution < -0.4 is 15.4 Å². The molecule has 0 atom stereocenters. The van der Waals surface area contributed by atoms with Gasteiger partial charge in [-0.15, -0.1) is 0 Å². The summed E-state index contributed by atoms with van der Waals surface area (Å²) in [4.78, 5) is 36.0. The van der Waals surface area contributed by atoms with Crippen LogP contribution in [0.15, 0.2) is 65.9 Å². The van der Waals surface area contributed by atoms with Crippen LogP contribution in [0.5, 0.6) is 11.5 Å². The number of carbonyl (C=O) groups is 3. The molecule has 2 aromatic rings. The van der Waals surface area contributed by atoms with E-state index in [9.17, 15) is 14.4 Å². The third-order valence-corrected chi connectivity index (χ3v) is 3.97. The first-order chi connectivity index (χ1) is 14.1. The molecule has 2 aromatic carbocycles. The molecule has 0 aromatic heterocycles. The van der Waals surface area contributed by atoms with Crippen molar-refractivity contribution in [2.45, 2.75) is 6.92 Å². The van der Waals surface area contributed by atoms with Gasteiger partial charge >= 0.3 is 18.0 Å². The van der Waals surface area contributed by atoms with Crippen LogP contribution in [0.2, 0.25) is 0 Å². The molecule has 3 rings (SSSR count). The second-order valence-electron chi connectivity index (χ2n) is 6.00. The van der Waals surface area contributed by atoms with Gasteiger partial charge in [-0.2, -0.15) is 0 Å². The zero-order valence-corrected chi connectivity index (χ0v) is 15.8. The summed E-state index contributed by atoms with van der Waals surface area (Å²) in [6, 6.07) is 15.2. The summed E-state index contributed by atoms with van der Waals surface area (Å²) in [6.07, 6.45) is 0. The molecule has 8 heteroatoms. The van der Waals surface area contributed by atoms with Gasteiger partial charge < -0.3 is 24.8 Å². The quantitative estimate of drug-likeness (QED) is 0.698. The number of rotatable bonds is 7. The van der Waals surface area contributed by atoms with Gasteiger partial charge in [-0.1, -0.05) is 24.3 Å². The summed E-state index contributed by atoms with van der Waals surface area (Å²) in [7, 11) is 0. The van der Waals surface area contributed by atoms with Crippen molar-refractivity contribution >= 4 is 18.0 Å². The topological polar surface area (TPSA) is 103 Å². The molecule has 0 radical (unpaired) electrons. The number of hydrogen-bond donors (Lipinski definition) is 2. The van der Waals surface area contributed by atoms with Crippen LogP contribution in [-0.2, 0) is 14.3 Å². The molecule has 29 heavy (non-hydrogen) atoms. The number of ether oxygens (including phenoxy) is 3. The number of benzene rings is 2. The second-order valence-corrected chi connectivity index (χ2v) is 6.00. The Kier molecular flexibility index (Phi) is 6.47. The van der Waals surface area contributed by atoms with Crippen LogP contribution in [0.3, 0.4) is 0 Å². The second kappa shape index (κ2) is 9.41. The summed E-state index contributed by atoms with van der Waals surface area (Å²) in [6.45, 7) is 1.59. The number of urea groups is 1. The highest BCUT2D eigenvalue weighted by atomic mass is 16.5. The molecule has 2 N–H and O–H groups in total. The van der Waals surface area contributed by atoms with E-state index >= 15 is 0 Å². The van der Waals surface area contributed by atoms with Gasteiger partial charge in [-0.05, 0) is 37.3 Å². The monoisotopic (exact) mass is 396 g/mol. The molecule has 0 bridgehead atoms. The molecule has 0 saturated carbocycles. The summed E-state index contributed by atoms with van der Waals surface area (Å²) in [5.74, 6) is -0.0803. The highest BCUT2D eigenvalue weighted by Gasteiger charge is 2.24. The van der Waals surface area contributed by atoms with Crippen molar-refractivity contribution in [3.05, 3.63) is 71.4 Å². The van der Waals surface area contributed by atoms with Crippen molar-refractivity contribution in [1.82, 2.24) is 10.6 Å². The molecule has 1 aliphatic heterocycles. The van der Waals surface area contributed by atoms with E-state index in [-0.39, 0.29) is 36.6 Å². The zero-order chi connectivity index (χ0) is 20.6. The number of nitrogens with one attached hydrogen (secondary N) is 2. The lowest BCUT2D eigenvalue weighted by atomic mass is 10.1. The van der Waals surface area contributed by atoms with E-state index in [2.05, 4.69) is 10.6 Å². The van der Waals surface area contributed by atoms with Crippen molar-refractivity contribution < 1.29 is 28.6 Å². The van der Waals surface area contributed by atoms with Gasteiger partial charge in [0.2, 0.25) is 0 Å². The number of esters is 2. The smallest absolute Gasteiger partial charge is 0.338 e. The molecule has 150 valence electrons. The highest BCUT2D eigenvalue weighted by Crippen LogP contribution is 2.22. The van der Waals surface area contributed by atoms with Crippen molar-refractivity contribution in [3.63, 3.8) is 0 Å². The average Bonchev–Trinajstić information content (AvgIpc) is 2.73. The molecule has 1 heterocycles. The van der Waals surface area contributed by atoms with E-state index in [1.54, 1.807) is 43.3 Å². The third kappa shape index (κ3) is 5.35. The largest absolute Gasteiger partial charge is 0.463 e. The maximum atomic E-state index is 12.4. The van der Waals surface area contributed by atoms with Crippen molar-refractivity contribution in [2.24, 2.45) is 0 Å². The molecule has 0 aliphatic carbocycles. The van der Waals surface area contributed by atoms with Crippen molar-refractivity contribution in [1.29, 1.82) is 0 Å². The third-order valence-electron chi connectivity index (χ3n) is 3.97. The van der Waals surface area contributed by atoms with Gasteiger partial charge in [0.1, 0.15) is 18.1 Å². The minimum atomic E-state index is -0.619. The fourth-order valence-electron chi connectivity index (χ4n) is 2.60. The Morgan fingerprint density at radius 1 is 0.966 bits per heavy atom. The SMILES string of the molecule is CCOC(=O)C1=C(COC(=O)c2cccc(Oc3ccccc3)c2)NC(=O)NC1. The summed E-state index contributed by atoms with van der Waals surface area (Å²) >= 11 is 0. The summed E-state index contributed by atoms with van der Waals surface area (Å²) in [5.41, 5.74) is 0.676. The van der Waals surface area contributed by atoms with E-state index in [1.165, 1.54) is 0 Å². The maximum Gasteiger partial charge on any atom is 0.338 e.